The Morgan fingerprint density at radius 1 is 0.700 bits per heavy atom. The lowest BCUT2D eigenvalue weighted by Crippen LogP contribution is -2.16. The topological polar surface area (TPSA) is 40.5 Å². The van der Waals surface area contributed by atoms with Crippen molar-refractivity contribution in [2.24, 2.45) is 0 Å². The van der Waals surface area contributed by atoms with Crippen molar-refractivity contribution in [3.05, 3.63) is 58.0 Å². The third kappa shape index (κ3) is 1.58. The van der Waals surface area contributed by atoms with Gasteiger partial charge in [-0.2, -0.15) is 0 Å². The minimum Gasteiger partial charge on any atom is -0.515 e. The van der Waals surface area contributed by atoms with E-state index in [4.69, 9.17) is 0 Å². The summed E-state index contributed by atoms with van der Waals surface area (Å²) in [6, 6.07) is 11.9. The van der Waals surface area contributed by atoms with E-state index in [0.717, 1.165) is 55.6 Å². The van der Waals surface area contributed by atoms with Gasteiger partial charge >= 0.3 is 0 Å². The maximum atomic E-state index is 9.71. The van der Waals surface area contributed by atoms with Crippen LogP contribution >= 0.6 is 0 Å². The smallest absolute Gasteiger partial charge is 0.0876 e. The molecule has 0 aromatic heterocycles. The van der Waals surface area contributed by atoms with Crippen molar-refractivity contribution >= 4 is 34.1 Å². The molecule has 0 saturated heterocycles. The molecule has 0 unspecified atom stereocenters. The zero-order valence-corrected chi connectivity index (χ0v) is 11.5. The number of rotatable bonds is 0. The Morgan fingerprint density at radius 2 is 1.10 bits per heavy atom. The Bertz CT molecular complexity index is 859. The largest absolute Gasteiger partial charge is 0.515 e. The first-order valence-corrected chi connectivity index (χ1v) is 6.58. The predicted molar refractivity (Wildman–Crippen MR) is 84.4 cm³/mol. The van der Waals surface area contributed by atoms with Crippen LogP contribution < -0.4 is 10.4 Å². The van der Waals surface area contributed by atoms with Gasteiger partial charge in [-0.15, -0.1) is 0 Å². The Balaban J connectivity index is 2.87. The van der Waals surface area contributed by atoms with Crippen LogP contribution in [0.1, 0.15) is 11.1 Å². The van der Waals surface area contributed by atoms with E-state index >= 15 is 0 Å². The van der Waals surface area contributed by atoms with E-state index in [9.17, 15) is 10.2 Å². The number of aliphatic hydroxyl groups is 2. The van der Waals surface area contributed by atoms with Gasteiger partial charge in [0.15, 0.2) is 0 Å². The first kappa shape index (κ1) is 12.5. The van der Waals surface area contributed by atoms with Gasteiger partial charge in [0.1, 0.15) is 0 Å². The average molecular weight is 264 g/mol. The molecule has 0 aliphatic heterocycles. The number of aliphatic hydroxyl groups excluding tert-OH is 2. The van der Waals surface area contributed by atoms with Crippen LogP contribution in [0.25, 0.3) is 34.1 Å². The summed E-state index contributed by atoms with van der Waals surface area (Å²) < 4.78 is 0. The van der Waals surface area contributed by atoms with Gasteiger partial charge in [-0.05, 0) is 46.5 Å². The number of hydrogen-bond donors (Lipinski definition) is 2. The summed E-state index contributed by atoms with van der Waals surface area (Å²) in [7, 11) is 0. The molecule has 0 radical (unpaired) electrons. The van der Waals surface area contributed by atoms with Crippen molar-refractivity contribution in [1.82, 2.24) is 0 Å². The maximum absolute atomic E-state index is 9.71. The van der Waals surface area contributed by atoms with Crippen LogP contribution in [-0.2, 0) is 0 Å². The molecule has 0 atom stereocenters. The first-order chi connectivity index (χ1) is 9.69. The van der Waals surface area contributed by atoms with Crippen molar-refractivity contribution in [2.75, 3.05) is 0 Å². The third-order valence-corrected chi connectivity index (χ3v) is 3.93. The minimum absolute atomic E-state index is 0.808. The average Bonchev–Trinajstić information content (AvgIpc) is 2.48. The Hall–Kier alpha value is -2.48. The fourth-order valence-corrected chi connectivity index (χ4v) is 3.00. The quantitative estimate of drug-likeness (QED) is 0.612. The van der Waals surface area contributed by atoms with Gasteiger partial charge in [0, 0.05) is 10.4 Å². The third-order valence-electron chi connectivity index (χ3n) is 3.93. The normalized spacial score (nSPS) is 13.5. The second-order valence-corrected chi connectivity index (χ2v) is 5.08. The van der Waals surface area contributed by atoms with Crippen molar-refractivity contribution in [3.8, 4) is 0 Å². The molecule has 0 spiro atoms. The lowest BCUT2D eigenvalue weighted by Gasteiger charge is -2.11. The second kappa shape index (κ2) is 4.57. The number of fused-ring (bicyclic) bond motifs is 2. The molecule has 20 heavy (non-hydrogen) atoms. The van der Waals surface area contributed by atoms with Gasteiger partial charge in [0.05, 0.1) is 12.5 Å². The molecule has 3 aromatic rings. The SMILES string of the molecule is Cc1ccc(C)c2c(=CO)c3ccccc3c(=CO)c12. The molecule has 0 aliphatic carbocycles. The van der Waals surface area contributed by atoms with E-state index in [1.54, 1.807) is 0 Å². The standard InChI is InChI=1S/C18H16O2/c1-11-7-8-12(2)18-16(10-20)14-6-4-3-5-13(14)15(9-19)17(11)18/h3-10,19-20H,1-2H3. The molecule has 100 valence electrons. The summed E-state index contributed by atoms with van der Waals surface area (Å²) in [5.41, 5.74) is 2.17. The highest BCUT2D eigenvalue weighted by Crippen LogP contribution is 2.20. The van der Waals surface area contributed by atoms with Crippen molar-refractivity contribution < 1.29 is 10.2 Å². The van der Waals surface area contributed by atoms with Gasteiger partial charge in [-0.25, -0.2) is 0 Å². The van der Waals surface area contributed by atoms with Crippen LogP contribution in [0, 0.1) is 13.8 Å². The number of hydrogen-bond acceptors (Lipinski definition) is 2. The molecule has 3 rings (SSSR count). The monoisotopic (exact) mass is 264 g/mol. The summed E-state index contributed by atoms with van der Waals surface area (Å²) in [6.07, 6.45) is 2.33. The highest BCUT2D eigenvalue weighted by atomic mass is 16.2. The number of benzene rings is 3. The first-order valence-electron chi connectivity index (χ1n) is 6.58. The molecular formula is C18H16O2. The van der Waals surface area contributed by atoms with Crippen LogP contribution in [-0.4, -0.2) is 10.2 Å². The van der Waals surface area contributed by atoms with Gasteiger partial charge < -0.3 is 10.2 Å². The lowest BCUT2D eigenvalue weighted by molar-refractivity contribution is 0.540. The Kier molecular flexibility index (Phi) is 2.87. The van der Waals surface area contributed by atoms with E-state index in [1.807, 2.05) is 50.2 Å². The zero-order valence-electron chi connectivity index (χ0n) is 11.5. The minimum atomic E-state index is 0.808. The van der Waals surface area contributed by atoms with E-state index in [2.05, 4.69) is 0 Å². The maximum Gasteiger partial charge on any atom is 0.0876 e. The van der Waals surface area contributed by atoms with Gasteiger partial charge in [-0.1, -0.05) is 36.4 Å². The second-order valence-electron chi connectivity index (χ2n) is 5.08. The summed E-state index contributed by atoms with van der Waals surface area (Å²) in [4.78, 5) is 0. The molecular weight excluding hydrogens is 248 g/mol. The van der Waals surface area contributed by atoms with Crippen LogP contribution in [0.5, 0.6) is 0 Å². The molecule has 0 fully saturated rings. The van der Waals surface area contributed by atoms with Gasteiger partial charge in [-0.3, -0.25) is 0 Å². The van der Waals surface area contributed by atoms with Crippen molar-refractivity contribution in [1.29, 1.82) is 0 Å². The fourth-order valence-electron chi connectivity index (χ4n) is 3.00. The van der Waals surface area contributed by atoms with Crippen LogP contribution in [0.4, 0.5) is 0 Å². The zero-order chi connectivity index (χ0) is 14.3. The van der Waals surface area contributed by atoms with Crippen LogP contribution in [0.2, 0.25) is 0 Å². The lowest BCUT2D eigenvalue weighted by atomic mass is 9.93. The van der Waals surface area contributed by atoms with Crippen LogP contribution in [0.15, 0.2) is 36.4 Å². The summed E-state index contributed by atoms with van der Waals surface area (Å²) in [6.45, 7) is 4.04. The summed E-state index contributed by atoms with van der Waals surface area (Å²) in [5.74, 6) is 0. The molecule has 0 bridgehead atoms. The highest BCUT2D eigenvalue weighted by molar-refractivity contribution is 6.02. The molecule has 2 heteroatoms. The Labute approximate surface area is 116 Å². The Morgan fingerprint density at radius 3 is 1.45 bits per heavy atom. The van der Waals surface area contributed by atoms with Crippen molar-refractivity contribution in [2.45, 2.75) is 13.8 Å². The summed E-state index contributed by atoms with van der Waals surface area (Å²) >= 11 is 0. The molecule has 0 aliphatic rings. The highest BCUT2D eigenvalue weighted by Gasteiger charge is 2.09. The molecule has 2 N–H and O–H groups in total. The van der Waals surface area contributed by atoms with E-state index in [1.165, 1.54) is 0 Å². The molecule has 2 nitrogen and oxygen atoms in total. The van der Waals surface area contributed by atoms with Gasteiger partial charge in [0.25, 0.3) is 0 Å². The van der Waals surface area contributed by atoms with E-state index in [-0.39, 0.29) is 0 Å². The van der Waals surface area contributed by atoms with Crippen molar-refractivity contribution in [3.63, 3.8) is 0 Å². The predicted octanol–water partition coefficient (Wildman–Crippen LogP) is 3.20. The molecule has 0 heterocycles. The van der Waals surface area contributed by atoms with Gasteiger partial charge in [0.2, 0.25) is 0 Å². The van der Waals surface area contributed by atoms with E-state index < -0.39 is 0 Å². The number of aryl methyl sites for hydroxylation is 2. The molecule has 3 aromatic carbocycles. The fraction of sp³-hybridized carbons (Fsp3) is 0.111. The van der Waals surface area contributed by atoms with E-state index in [0.29, 0.717) is 0 Å². The van der Waals surface area contributed by atoms with Crippen LogP contribution in [0.3, 0.4) is 0 Å². The summed E-state index contributed by atoms with van der Waals surface area (Å²) in [5, 5.41) is 24.9. The molecule has 0 amide bonds. The molecule has 0 saturated carbocycles.